The number of fused-ring (bicyclic) bond motifs is 1. The molecule has 4 aromatic rings. The SMILES string of the molecule is CCc1c(N2CCN(c3c[nH]n(C(C)C(F)(F)F)c3=O)CC2)c(=O)n2nc(C3=CCOCC3)nc2n1CC(=O)Nc1cc(F)c(C(F)(F)F)cc1C. The Balaban J connectivity index is 1.35. The molecule has 2 aliphatic rings. The number of hydrogen-bond donors (Lipinski definition) is 2. The van der Waals surface area contributed by atoms with Crippen molar-refractivity contribution in [2.75, 3.05) is 54.5 Å². The zero-order chi connectivity index (χ0) is 37.7. The van der Waals surface area contributed by atoms with E-state index in [1.54, 1.807) is 22.8 Å². The summed E-state index contributed by atoms with van der Waals surface area (Å²) in [6.45, 7) is 4.76. The van der Waals surface area contributed by atoms with Crippen molar-refractivity contribution in [3.63, 3.8) is 0 Å². The summed E-state index contributed by atoms with van der Waals surface area (Å²) in [5, 5.41) is 9.34. The van der Waals surface area contributed by atoms with E-state index in [2.05, 4.69) is 20.5 Å². The van der Waals surface area contributed by atoms with Gasteiger partial charge in [0.1, 0.15) is 29.8 Å². The largest absolute Gasteiger partial charge is 0.419 e. The first-order chi connectivity index (χ1) is 24.5. The number of aromatic nitrogens is 6. The summed E-state index contributed by atoms with van der Waals surface area (Å²) in [6, 6.07) is -0.876. The van der Waals surface area contributed by atoms with Crippen molar-refractivity contribution in [1.29, 1.82) is 0 Å². The van der Waals surface area contributed by atoms with E-state index in [4.69, 9.17) is 4.74 Å². The van der Waals surface area contributed by atoms with E-state index >= 15 is 0 Å². The first-order valence-electron chi connectivity index (χ1n) is 16.3. The Morgan fingerprint density at radius 1 is 1.06 bits per heavy atom. The molecule has 13 nitrogen and oxygen atoms in total. The van der Waals surface area contributed by atoms with Crippen molar-refractivity contribution >= 4 is 34.3 Å². The Morgan fingerprint density at radius 2 is 1.75 bits per heavy atom. The maximum atomic E-state index is 14.4. The molecule has 1 unspecified atom stereocenters. The number of ether oxygens (including phenoxy) is 1. The summed E-state index contributed by atoms with van der Waals surface area (Å²) < 4.78 is 103. The predicted molar refractivity (Wildman–Crippen MR) is 175 cm³/mol. The highest BCUT2D eigenvalue weighted by molar-refractivity contribution is 5.92. The average molecular weight is 742 g/mol. The molecular weight excluding hydrogens is 707 g/mol. The van der Waals surface area contributed by atoms with Gasteiger partial charge in [-0.2, -0.15) is 35.8 Å². The lowest BCUT2D eigenvalue weighted by molar-refractivity contribution is -0.166. The van der Waals surface area contributed by atoms with Crippen molar-refractivity contribution < 1.29 is 40.3 Å². The molecule has 0 bridgehead atoms. The van der Waals surface area contributed by atoms with Gasteiger partial charge in [0.2, 0.25) is 11.7 Å². The molecule has 6 rings (SSSR count). The van der Waals surface area contributed by atoms with E-state index in [1.165, 1.54) is 17.7 Å². The normalized spacial score (nSPS) is 16.4. The van der Waals surface area contributed by atoms with E-state index in [0.717, 1.165) is 11.4 Å². The Kier molecular flexibility index (Phi) is 9.71. The third kappa shape index (κ3) is 6.90. The van der Waals surface area contributed by atoms with Gasteiger partial charge in [-0.3, -0.25) is 14.4 Å². The molecule has 0 radical (unpaired) electrons. The number of rotatable bonds is 8. The molecule has 280 valence electrons. The van der Waals surface area contributed by atoms with E-state index in [0.29, 0.717) is 47.7 Å². The van der Waals surface area contributed by atoms with Crippen LogP contribution in [-0.2, 0) is 28.7 Å². The lowest BCUT2D eigenvalue weighted by atomic mass is 10.1. The standard InChI is InChI=1S/C32H34F7N9O4/c1-4-23-26(45-9-7-44(8-10-45)24-15-40-47(28(24)50)18(3)31(34,35)36)29(51)48-30(42-27(43-48)19-5-11-52-12-6-19)46(23)16-25(49)41-22-14-21(33)20(13-17(22)2)32(37,38)39/h5,13-15,18,40H,4,6-12,16H2,1-3H3,(H,41,49). The number of H-pyrrole nitrogens is 1. The molecule has 1 saturated heterocycles. The molecule has 0 spiro atoms. The number of nitrogens with one attached hydrogen (secondary N) is 2. The van der Waals surface area contributed by atoms with Gasteiger partial charge in [-0.05, 0) is 50.0 Å². The fourth-order valence-electron chi connectivity index (χ4n) is 6.37. The van der Waals surface area contributed by atoms with Gasteiger partial charge in [0, 0.05) is 38.1 Å². The highest BCUT2D eigenvalue weighted by Gasteiger charge is 2.40. The van der Waals surface area contributed by atoms with Gasteiger partial charge in [-0.1, -0.05) is 13.0 Å². The van der Waals surface area contributed by atoms with Crippen molar-refractivity contribution in [3.05, 3.63) is 73.6 Å². The van der Waals surface area contributed by atoms with Crippen molar-refractivity contribution in [1.82, 2.24) is 28.9 Å². The van der Waals surface area contributed by atoms with Gasteiger partial charge in [-0.25, -0.2) is 9.07 Å². The number of carbonyl (C=O) groups excluding carboxylic acids is 1. The molecule has 0 aliphatic carbocycles. The average Bonchev–Trinajstić information content (AvgIpc) is 3.71. The molecule has 1 fully saturated rings. The summed E-state index contributed by atoms with van der Waals surface area (Å²) in [4.78, 5) is 48.5. The first kappa shape index (κ1) is 36.6. The fourth-order valence-corrected chi connectivity index (χ4v) is 6.37. The molecule has 2 aliphatic heterocycles. The van der Waals surface area contributed by atoms with Crippen LogP contribution >= 0.6 is 0 Å². The third-order valence-corrected chi connectivity index (χ3v) is 9.18. The second-order valence-electron chi connectivity index (χ2n) is 12.5. The van der Waals surface area contributed by atoms with Gasteiger partial charge in [0.05, 0.1) is 24.5 Å². The second-order valence-corrected chi connectivity index (χ2v) is 12.5. The number of benzene rings is 1. The van der Waals surface area contributed by atoms with E-state index in [9.17, 15) is 45.1 Å². The van der Waals surface area contributed by atoms with Gasteiger partial charge in [-0.15, -0.1) is 5.10 Å². The van der Waals surface area contributed by atoms with Gasteiger partial charge >= 0.3 is 12.4 Å². The number of halogens is 7. The zero-order valence-electron chi connectivity index (χ0n) is 28.2. The Labute approximate surface area is 290 Å². The third-order valence-electron chi connectivity index (χ3n) is 9.18. The van der Waals surface area contributed by atoms with Crippen LogP contribution in [0.2, 0.25) is 0 Å². The predicted octanol–water partition coefficient (Wildman–Crippen LogP) is 4.30. The molecule has 1 aromatic carbocycles. The molecule has 5 heterocycles. The lowest BCUT2D eigenvalue weighted by Gasteiger charge is -2.37. The van der Waals surface area contributed by atoms with Gasteiger partial charge < -0.3 is 29.5 Å². The number of hydrogen-bond acceptors (Lipinski definition) is 8. The number of amides is 1. The highest BCUT2D eigenvalue weighted by atomic mass is 19.4. The number of piperazine rings is 1. The molecule has 3 aromatic heterocycles. The minimum Gasteiger partial charge on any atom is -0.377 e. The summed E-state index contributed by atoms with van der Waals surface area (Å²) in [5.74, 6) is -2.06. The van der Waals surface area contributed by atoms with E-state index in [1.807, 2.05) is 0 Å². The van der Waals surface area contributed by atoms with Gasteiger partial charge in [0.15, 0.2) is 5.82 Å². The van der Waals surface area contributed by atoms with Gasteiger partial charge in [0.25, 0.3) is 11.1 Å². The summed E-state index contributed by atoms with van der Waals surface area (Å²) in [5.41, 5.74) is -1.77. The number of aryl methyl sites for hydroxylation is 1. The summed E-state index contributed by atoms with van der Waals surface area (Å²) >= 11 is 0. The van der Waals surface area contributed by atoms with Crippen molar-refractivity contribution in [2.24, 2.45) is 0 Å². The van der Waals surface area contributed by atoms with Crippen LogP contribution in [0.25, 0.3) is 11.4 Å². The topological polar surface area (TPSA) is 135 Å². The number of aromatic amines is 1. The second kappa shape index (κ2) is 13.8. The molecule has 1 amide bonds. The Morgan fingerprint density at radius 3 is 2.37 bits per heavy atom. The minimum atomic E-state index is -4.94. The molecule has 1 atom stereocenters. The van der Waals surface area contributed by atoms with Crippen LogP contribution in [0.1, 0.15) is 49.0 Å². The maximum Gasteiger partial charge on any atom is 0.419 e. The molecule has 0 saturated carbocycles. The lowest BCUT2D eigenvalue weighted by Crippen LogP contribution is -2.50. The fraction of sp³-hybridized carbons (Fsp3) is 0.469. The van der Waals surface area contributed by atoms with E-state index in [-0.39, 0.29) is 66.8 Å². The van der Waals surface area contributed by atoms with E-state index < -0.39 is 53.3 Å². The van der Waals surface area contributed by atoms with Crippen LogP contribution in [0, 0.1) is 12.7 Å². The van der Waals surface area contributed by atoms with Crippen molar-refractivity contribution in [2.45, 2.75) is 58.6 Å². The number of anilines is 3. The zero-order valence-corrected chi connectivity index (χ0v) is 28.2. The molecule has 20 heteroatoms. The monoisotopic (exact) mass is 741 g/mol. The summed E-state index contributed by atoms with van der Waals surface area (Å²) in [6.07, 6.45) is -5.93. The molecule has 52 heavy (non-hydrogen) atoms. The first-order valence-corrected chi connectivity index (χ1v) is 16.3. The molecule has 2 N–H and O–H groups in total. The van der Waals surface area contributed by atoms with Crippen LogP contribution in [0.5, 0.6) is 0 Å². The number of carbonyl (C=O) groups is 1. The number of alkyl halides is 6. The quantitative estimate of drug-likeness (QED) is 0.256. The minimum absolute atomic E-state index is 0.0174. The van der Waals surface area contributed by atoms with Crippen LogP contribution in [-0.4, -0.2) is 80.4 Å². The van der Waals surface area contributed by atoms with Crippen LogP contribution in [0.4, 0.5) is 47.8 Å². The van der Waals surface area contributed by atoms with Crippen LogP contribution < -0.4 is 26.2 Å². The smallest absolute Gasteiger partial charge is 0.377 e. The molecular formula is C32H34F7N9O4. The summed E-state index contributed by atoms with van der Waals surface area (Å²) in [7, 11) is 0. The Bertz CT molecular complexity index is 2160. The highest BCUT2D eigenvalue weighted by Crippen LogP contribution is 2.34. The van der Waals surface area contributed by atoms with Crippen LogP contribution in [0.15, 0.2) is 34.0 Å². The van der Waals surface area contributed by atoms with Crippen molar-refractivity contribution in [3.8, 4) is 0 Å². The number of nitrogens with zero attached hydrogens (tertiary/aromatic N) is 7. The Hall–Kier alpha value is -5.14. The van der Waals surface area contributed by atoms with Crippen LogP contribution in [0.3, 0.4) is 0 Å². The maximum absolute atomic E-state index is 14.4.